The van der Waals surface area contributed by atoms with Crippen LogP contribution in [0.15, 0.2) is 40.8 Å². The number of amides is 3. The number of benzene rings is 2. The predicted octanol–water partition coefficient (Wildman–Crippen LogP) is 3.48. The standard InChI is InChI=1S/C23H20N4O4/c1-13-24-25-23(31-13)16-6-3-7-17(11-16)27-19-10-9-15-5-4-8-18(15)22(19)26(14(2)28)20(29)12-21(27)30/h3,6-7,9-11H,4-5,8,12H2,1-2H3. The molecular formula is C23H20N4O4. The van der Waals surface area contributed by atoms with E-state index in [1.807, 2.05) is 18.2 Å². The summed E-state index contributed by atoms with van der Waals surface area (Å²) in [4.78, 5) is 41.3. The SMILES string of the molecule is CC(=O)N1C(=O)CC(=O)N(c2cccc(-c3nnc(C)o3)c2)c2ccc3c(c21)CCC3. The molecule has 0 radical (unpaired) electrons. The van der Waals surface area contributed by atoms with Crippen molar-refractivity contribution in [3.05, 3.63) is 53.4 Å². The van der Waals surface area contributed by atoms with Crippen LogP contribution in [0.3, 0.4) is 0 Å². The highest BCUT2D eigenvalue weighted by Gasteiger charge is 2.37. The van der Waals surface area contributed by atoms with Crippen LogP contribution in [0.5, 0.6) is 0 Å². The number of imide groups is 1. The van der Waals surface area contributed by atoms with Gasteiger partial charge in [0.15, 0.2) is 0 Å². The van der Waals surface area contributed by atoms with Crippen molar-refractivity contribution in [2.45, 2.75) is 39.5 Å². The van der Waals surface area contributed by atoms with Crippen molar-refractivity contribution in [1.82, 2.24) is 10.2 Å². The summed E-state index contributed by atoms with van der Waals surface area (Å²) in [5, 5.41) is 7.92. The van der Waals surface area contributed by atoms with Crippen LogP contribution in [0, 0.1) is 6.92 Å². The van der Waals surface area contributed by atoms with Gasteiger partial charge in [0.05, 0.1) is 11.4 Å². The van der Waals surface area contributed by atoms with Crippen molar-refractivity contribution in [2.24, 2.45) is 0 Å². The average Bonchev–Trinajstić information content (AvgIpc) is 3.36. The molecule has 0 N–H and O–H groups in total. The number of aryl methyl sites for hydroxylation is 2. The zero-order chi connectivity index (χ0) is 21.7. The highest BCUT2D eigenvalue weighted by Crippen LogP contribution is 2.44. The Kier molecular flexibility index (Phi) is 4.43. The van der Waals surface area contributed by atoms with Gasteiger partial charge in [-0.25, -0.2) is 4.90 Å². The van der Waals surface area contributed by atoms with Gasteiger partial charge in [-0.2, -0.15) is 0 Å². The lowest BCUT2D eigenvalue weighted by Crippen LogP contribution is -2.36. The average molecular weight is 416 g/mol. The van der Waals surface area contributed by atoms with E-state index in [1.54, 1.807) is 25.1 Å². The van der Waals surface area contributed by atoms with E-state index in [1.165, 1.54) is 16.7 Å². The van der Waals surface area contributed by atoms with Crippen LogP contribution in [-0.4, -0.2) is 27.9 Å². The fraction of sp³-hybridized carbons (Fsp3) is 0.261. The Morgan fingerprint density at radius 3 is 2.65 bits per heavy atom. The van der Waals surface area contributed by atoms with Gasteiger partial charge in [0.25, 0.3) is 0 Å². The summed E-state index contributed by atoms with van der Waals surface area (Å²) in [6, 6.07) is 11.0. The van der Waals surface area contributed by atoms with Crippen molar-refractivity contribution in [1.29, 1.82) is 0 Å². The van der Waals surface area contributed by atoms with Crippen LogP contribution in [-0.2, 0) is 27.2 Å². The Bertz CT molecular complexity index is 1250. The summed E-state index contributed by atoms with van der Waals surface area (Å²) in [5.41, 5.74) is 4.36. The number of aromatic nitrogens is 2. The van der Waals surface area contributed by atoms with Gasteiger partial charge < -0.3 is 4.42 Å². The van der Waals surface area contributed by atoms with Gasteiger partial charge in [0.2, 0.25) is 29.5 Å². The first-order valence-corrected chi connectivity index (χ1v) is 10.2. The molecule has 3 amide bonds. The van der Waals surface area contributed by atoms with Gasteiger partial charge in [0, 0.05) is 25.1 Å². The second kappa shape index (κ2) is 7.16. The summed E-state index contributed by atoms with van der Waals surface area (Å²) in [7, 11) is 0. The summed E-state index contributed by atoms with van der Waals surface area (Å²) in [5.74, 6) is -0.514. The third-order valence-electron chi connectivity index (χ3n) is 5.69. The first-order valence-electron chi connectivity index (χ1n) is 10.2. The number of carbonyl (C=O) groups excluding carboxylic acids is 3. The van der Waals surface area contributed by atoms with Crippen molar-refractivity contribution in [2.75, 3.05) is 9.80 Å². The van der Waals surface area contributed by atoms with Gasteiger partial charge in [-0.05, 0) is 54.7 Å². The van der Waals surface area contributed by atoms with Crippen molar-refractivity contribution in [3.8, 4) is 11.5 Å². The molecule has 0 bridgehead atoms. The van der Waals surface area contributed by atoms with Crippen molar-refractivity contribution < 1.29 is 18.8 Å². The second-order valence-electron chi connectivity index (χ2n) is 7.76. The fourth-order valence-corrected chi connectivity index (χ4v) is 4.42. The third-order valence-corrected chi connectivity index (χ3v) is 5.69. The number of nitrogens with zero attached hydrogens (tertiary/aromatic N) is 4. The number of rotatable bonds is 2. The molecule has 0 atom stereocenters. The van der Waals surface area contributed by atoms with E-state index in [-0.39, 0.29) is 0 Å². The molecule has 0 spiro atoms. The van der Waals surface area contributed by atoms with Gasteiger partial charge in [-0.1, -0.05) is 12.1 Å². The maximum absolute atomic E-state index is 13.2. The quantitative estimate of drug-likeness (QED) is 0.594. The first-order chi connectivity index (χ1) is 14.9. The molecule has 2 heterocycles. The zero-order valence-electron chi connectivity index (χ0n) is 17.2. The number of hydrogen-bond donors (Lipinski definition) is 0. The number of fused-ring (bicyclic) bond motifs is 3. The minimum atomic E-state index is -0.509. The molecule has 3 aromatic rings. The van der Waals surface area contributed by atoms with Crippen LogP contribution in [0.1, 0.15) is 36.8 Å². The Morgan fingerprint density at radius 1 is 1.06 bits per heavy atom. The monoisotopic (exact) mass is 416 g/mol. The van der Waals surface area contributed by atoms with Crippen LogP contribution >= 0.6 is 0 Å². The summed E-state index contributed by atoms with van der Waals surface area (Å²) < 4.78 is 5.53. The minimum absolute atomic E-state index is 0.345. The molecule has 0 saturated heterocycles. The maximum Gasteiger partial charge on any atom is 0.247 e. The molecule has 31 heavy (non-hydrogen) atoms. The molecule has 1 aliphatic carbocycles. The molecule has 156 valence electrons. The highest BCUT2D eigenvalue weighted by molar-refractivity contribution is 6.26. The van der Waals surface area contributed by atoms with E-state index < -0.39 is 24.1 Å². The third kappa shape index (κ3) is 3.11. The van der Waals surface area contributed by atoms with Crippen LogP contribution in [0.4, 0.5) is 17.1 Å². The number of carbonyl (C=O) groups is 3. The molecule has 8 nitrogen and oxygen atoms in total. The lowest BCUT2D eigenvalue weighted by atomic mass is 10.0. The van der Waals surface area contributed by atoms with E-state index in [9.17, 15) is 14.4 Å². The molecule has 0 saturated carbocycles. The van der Waals surface area contributed by atoms with Crippen molar-refractivity contribution in [3.63, 3.8) is 0 Å². The van der Waals surface area contributed by atoms with E-state index in [0.29, 0.717) is 34.4 Å². The van der Waals surface area contributed by atoms with E-state index in [2.05, 4.69) is 10.2 Å². The van der Waals surface area contributed by atoms with Crippen LogP contribution < -0.4 is 9.80 Å². The van der Waals surface area contributed by atoms with Gasteiger partial charge in [-0.15, -0.1) is 10.2 Å². The topological polar surface area (TPSA) is 96.6 Å². The summed E-state index contributed by atoms with van der Waals surface area (Å²) in [6.45, 7) is 3.06. The molecular weight excluding hydrogens is 396 g/mol. The largest absolute Gasteiger partial charge is 0.421 e. The summed E-state index contributed by atoms with van der Waals surface area (Å²) >= 11 is 0. The lowest BCUT2D eigenvalue weighted by molar-refractivity contribution is -0.128. The molecule has 0 unspecified atom stereocenters. The van der Waals surface area contributed by atoms with Gasteiger partial charge in [0.1, 0.15) is 6.42 Å². The number of anilines is 3. The maximum atomic E-state index is 13.2. The zero-order valence-corrected chi connectivity index (χ0v) is 17.2. The Hall–Kier alpha value is -3.81. The normalized spacial score (nSPS) is 15.7. The highest BCUT2D eigenvalue weighted by atomic mass is 16.4. The van der Waals surface area contributed by atoms with Crippen molar-refractivity contribution >= 4 is 34.8 Å². The molecule has 1 aliphatic heterocycles. The lowest BCUT2D eigenvalue weighted by Gasteiger charge is -2.26. The van der Waals surface area contributed by atoms with Crippen LogP contribution in [0.25, 0.3) is 11.5 Å². The molecule has 2 aliphatic rings. The molecule has 8 heteroatoms. The van der Waals surface area contributed by atoms with Gasteiger partial charge >= 0.3 is 0 Å². The fourth-order valence-electron chi connectivity index (χ4n) is 4.42. The Labute approximate surface area is 178 Å². The van der Waals surface area contributed by atoms with Crippen LogP contribution in [0.2, 0.25) is 0 Å². The second-order valence-corrected chi connectivity index (χ2v) is 7.76. The predicted molar refractivity (Wildman–Crippen MR) is 113 cm³/mol. The van der Waals surface area contributed by atoms with Gasteiger partial charge in [-0.3, -0.25) is 19.3 Å². The van der Waals surface area contributed by atoms with E-state index >= 15 is 0 Å². The van der Waals surface area contributed by atoms with E-state index in [4.69, 9.17) is 4.42 Å². The minimum Gasteiger partial charge on any atom is -0.421 e. The molecule has 2 aromatic carbocycles. The molecule has 5 rings (SSSR count). The summed E-state index contributed by atoms with van der Waals surface area (Å²) in [6.07, 6.45) is 2.21. The Balaban J connectivity index is 1.71. The smallest absolute Gasteiger partial charge is 0.247 e. The molecule has 1 aromatic heterocycles. The first kappa shape index (κ1) is 19.2. The molecule has 0 fully saturated rings. The Morgan fingerprint density at radius 2 is 1.90 bits per heavy atom. The number of hydrogen-bond acceptors (Lipinski definition) is 6. The van der Waals surface area contributed by atoms with E-state index in [0.717, 1.165) is 30.4 Å².